The van der Waals surface area contributed by atoms with Crippen LogP contribution in [-0.4, -0.2) is 40.3 Å². The van der Waals surface area contributed by atoms with Gasteiger partial charge in [-0.15, -0.1) is 0 Å². The number of hydroxylamine groups is 1. The highest BCUT2D eigenvalue weighted by molar-refractivity contribution is 6.01. The van der Waals surface area contributed by atoms with E-state index in [0.29, 0.717) is 11.5 Å². The number of amides is 2. The Labute approximate surface area is 169 Å². The quantitative estimate of drug-likeness (QED) is 0.295. The lowest BCUT2D eigenvalue weighted by Crippen LogP contribution is -2.61. The molecule has 2 aromatic carbocycles. The van der Waals surface area contributed by atoms with Gasteiger partial charge in [0.2, 0.25) is 0 Å². The number of carbonyl (C=O) groups is 2. The number of nitrogens with two attached hydrogens (primary N) is 1. The number of nitrogens with one attached hydrogen (secondary N) is 2. The van der Waals surface area contributed by atoms with Gasteiger partial charge in [0.25, 0.3) is 11.8 Å². The Morgan fingerprint density at radius 3 is 2.55 bits per heavy atom. The first-order valence-electron chi connectivity index (χ1n) is 9.43. The molecule has 1 saturated carbocycles. The van der Waals surface area contributed by atoms with Crippen molar-refractivity contribution in [1.82, 2.24) is 10.8 Å². The molecule has 2 aromatic rings. The van der Waals surface area contributed by atoms with E-state index < -0.39 is 23.4 Å². The molecule has 3 atom stereocenters. The lowest BCUT2D eigenvalue weighted by molar-refractivity contribution is -0.132. The third-order valence-corrected chi connectivity index (χ3v) is 5.05. The fraction of sp³-hybridized carbons (Fsp3) is 0.364. The van der Waals surface area contributed by atoms with Crippen molar-refractivity contribution >= 4 is 22.6 Å². The van der Waals surface area contributed by atoms with Gasteiger partial charge in [0.1, 0.15) is 6.04 Å². The van der Waals surface area contributed by atoms with E-state index >= 15 is 0 Å². The SMILES string of the molecule is CC(C)(N)[C@H](NC(=O)c1ccc2cc(C#CC3CC3CO)ccc2c1)C(=O)NO. The zero-order chi connectivity index (χ0) is 21.2. The van der Waals surface area contributed by atoms with Gasteiger partial charge in [-0.25, -0.2) is 5.48 Å². The predicted octanol–water partition coefficient (Wildman–Crippen LogP) is 1.16. The van der Waals surface area contributed by atoms with Crippen molar-refractivity contribution in [3.63, 3.8) is 0 Å². The lowest BCUT2D eigenvalue weighted by atomic mass is 9.94. The van der Waals surface area contributed by atoms with Gasteiger partial charge in [0.05, 0.1) is 0 Å². The molecule has 0 aromatic heterocycles. The minimum absolute atomic E-state index is 0.185. The first kappa shape index (κ1) is 20.8. The molecule has 7 heteroatoms. The molecule has 7 nitrogen and oxygen atoms in total. The molecular weight excluding hydrogens is 370 g/mol. The molecule has 6 N–H and O–H groups in total. The van der Waals surface area contributed by atoms with Gasteiger partial charge in [0.15, 0.2) is 0 Å². The number of fused-ring (bicyclic) bond motifs is 1. The van der Waals surface area contributed by atoms with Crippen molar-refractivity contribution in [2.24, 2.45) is 17.6 Å². The fourth-order valence-corrected chi connectivity index (χ4v) is 3.14. The molecule has 1 aliphatic rings. The van der Waals surface area contributed by atoms with Crippen LogP contribution in [-0.2, 0) is 4.79 Å². The van der Waals surface area contributed by atoms with Gasteiger partial charge < -0.3 is 16.2 Å². The number of aliphatic hydroxyl groups is 1. The number of benzene rings is 2. The molecule has 2 unspecified atom stereocenters. The van der Waals surface area contributed by atoms with Gasteiger partial charge in [0, 0.05) is 29.2 Å². The topological polar surface area (TPSA) is 125 Å². The second kappa shape index (κ2) is 8.21. The summed E-state index contributed by atoms with van der Waals surface area (Å²) in [5.41, 5.74) is 7.67. The summed E-state index contributed by atoms with van der Waals surface area (Å²) in [5, 5.41) is 22.4. The molecule has 0 radical (unpaired) electrons. The second-order valence-electron chi connectivity index (χ2n) is 8.03. The minimum atomic E-state index is -1.10. The molecule has 1 aliphatic carbocycles. The van der Waals surface area contributed by atoms with Crippen LogP contribution in [0.4, 0.5) is 0 Å². The van der Waals surface area contributed by atoms with Crippen LogP contribution in [0.15, 0.2) is 36.4 Å². The predicted molar refractivity (Wildman–Crippen MR) is 109 cm³/mol. The average Bonchev–Trinajstić information content (AvgIpc) is 3.47. The zero-order valence-corrected chi connectivity index (χ0v) is 16.4. The Bertz CT molecular complexity index is 1000. The van der Waals surface area contributed by atoms with Gasteiger partial charge in [-0.2, -0.15) is 0 Å². The highest BCUT2D eigenvalue weighted by Crippen LogP contribution is 2.37. The lowest BCUT2D eigenvalue weighted by Gasteiger charge is -2.29. The van der Waals surface area contributed by atoms with E-state index in [9.17, 15) is 9.59 Å². The standard InChI is InChI=1S/C22H25N3O4/c1-22(2,23)19(21(28)25-29)24-20(27)17-8-7-14-9-13(3-5-15(14)10-17)4-6-16-11-18(16)12-26/h3,5,7-10,16,18-19,26,29H,11-12,23H2,1-2H3,(H,24,27)(H,25,28)/t16?,18?,19-/m1/s1. The van der Waals surface area contributed by atoms with Crippen molar-refractivity contribution in [2.75, 3.05) is 6.61 Å². The third kappa shape index (κ3) is 4.93. The van der Waals surface area contributed by atoms with Crippen molar-refractivity contribution in [2.45, 2.75) is 31.8 Å². The van der Waals surface area contributed by atoms with E-state index in [1.165, 1.54) is 5.48 Å². The molecule has 3 rings (SSSR count). The summed E-state index contributed by atoms with van der Waals surface area (Å²) < 4.78 is 0. The Morgan fingerprint density at radius 1 is 1.24 bits per heavy atom. The number of aliphatic hydroxyl groups excluding tert-OH is 1. The molecule has 0 spiro atoms. The Morgan fingerprint density at radius 2 is 1.93 bits per heavy atom. The summed E-state index contributed by atoms with van der Waals surface area (Å²) in [6, 6.07) is 9.83. The largest absolute Gasteiger partial charge is 0.396 e. The van der Waals surface area contributed by atoms with E-state index in [1.807, 2.05) is 24.3 Å². The van der Waals surface area contributed by atoms with Crippen molar-refractivity contribution < 1.29 is 19.9 Å². The maximum atomic E-state index is 12.6. The molecule has 0 bridgehead atoms. The number of hydrogen-bond donors (Lipinski definition) is 5. The Kier molecular flexibility index (Phi) is 5.89. The van der Waals surface area contributed by atoms with Crippen LogP contribution >= 0.6 is 0 Å². The summed E-state index contributed by atoms with van der Waals surface area (Å²) in [5.74, 6) is 5.65. The molecule has 0 heterocycles. The first-order chi connectivity index (χ1) is 13.7. The average molecular weight is 395 g/mol. The third-order valence-electron chi connectivity index (χ3n) is 5.05. The summed E-state index contributed by atoms with van der Waals surface area (Å²) in [6.07, 6.45) is 0.949. The normalized spacial score (nSPS) is 19.1. The van der Waals surface area contributed by atoms with E-state index in [-0.39, 0.29) is 12.5 Å². The maximum absolute atomic E-state index is 12.6. The van der Waals surface area contributed by atoms with Crippen LogP contribution in [0.2, 0.25) is 0 Å². The van der Waals surface area contributed by atoms with Gasteiger partial charge >= 0.3 is 0 Å². The minimum Gasteiger partial charge on any atom is -0.396 e. The summed E-state index contributed by atoms with van der Waals surface area (Å²) in [7, 11) is 0. The summed E-state index contributed by atoms with van der Waals surface area (Å²) >= 11 is 0. The highest BCUT2D eigenvalue weighted by atomic mass is 16.5. The van der Waals surface area contributed by atoms with Gasteiger partial charge in [-0.3, -0.25) is 14.8 Å². The van der Waals surface area contributed by atoms with Crippen LogP contribution in [0.3, 0.4) is 0 Å². The fourth-order valence-electron chi connectivity index (χ4n) is 3.14. The molecular formula is C22H25N3O4. The van der Waals surface area contributed by atoms with E-state index in [2.05, 4.69) is 17.2 Å². The first-order valence-corrected chi connectivity index (χ1v) is 9.43. The van der Waals surface area contributed by atoms with Gasteiger partial charge in [-0.05, 0) is 61.2 Å². The zero-order valence-electron chi connectivity index (χ0n) is 16.4. The number of hydrogen-bond acceptors (Lipinski definition) is 5. The number of rotatable bonds is 5. The molecule has 1 fully saturated rings. The Balaban J connectivity index is 1.77. The highest BCUT2D eigenvalue weighted by Gasteiger charge is 2.35. The summed E-state index contributed by atoms with van der Waals surface area (Å²) in [6.45, 7) is 3.35. The Hall–Kier alpha value is -2.92. The van der Waals surface area contributed by atoms with Crippen LogP contribution in [0, 0.1) is 23.7 Å². The van der Waals surface area contributed by atoms with Gasteiger partial charge in [-0.1, -0.05) is 24.0 Å². The van der Waals surface area contributed by atoms with Crippen molar-refractivity contribution in [3.8, 4) is 11.8 Å². The van der Waals surface area contributed by atoms with Crippen LogP contribution in [0.1, 0.15) is 36.2 Å². The van der Waals surface area contributed by atoms with Crippen LogP contribution in [0.5, 0.6) is 0 Å². The molecule has 0 saturated heterocycles. The molecule has 152 valence electrons. The van der Waals surface area contributed by atoms with Crippen LogP contribution in [0.25, 0.3) is 10.8 Å². The summed E-state index contributed by atoms with van der Waals surface area (Å²) in [4.78, 5) is 24.5. The van der Waals surface area contributed by atoms with Crippen LogP contribution < -0.4 is 16.5 Å². The number of carbonyl (C=O) groups excluding carboxylic acids is 2. The monoisotopic (exact) mass is 395 g/mol. The van der Waals surface area contributed by atoms with E-state index in [0.717, 1.165) is 22.8 Å². The molecule has 0 aliphatic heterocycles. The molecule has 29 heavy (non-hydrogen) atoms. The molecule has 2 amide bonds. The van der Waals surface area contributed by atoms with Crippen molar-refractivity contribution in [1.29, 1.82) is 0 Å². The van der Waals surface area contributed by atoms with E-state index in [4.69, 9.17) is 16.0 Å². The smallest absolute Gasteiger partial charge is 0.267 e. The second-order valence-corrected chi connectivity index (χ2v) is 8.03. The maximum Gasteiger partial charge on any atom is 0.267 e. The van der Waals surface area contributed by atoms with E-state index in [1.54, 1.807) is 26.0 Å². The van der Waals surface area contributed by atoms with Crippen molar-refractivity contribution in [3.05, 3.63) is 47.5 Å².